The fourth-order valence-electron chi connectivity index (χ4n) is 6.78. The van der Waals surface area contributed by atoms with E-state index in [1.165, 1.54) is 32.1 Å². The van der Waals surface area contributed by atoms with Crippen LogP contribution in [0, 0.1) is 30.6 Å². The van der Waals surface area contributed by atoms with Crippen LogP contribution < -0.4 is 5.32 Å². The lowest BCUT2D eigenvalue weighted by atomic mass is 9.54. The van der Waals surface area contributed by atoms with Crippen molar-refractivity contribution in [1.29, 1.82) is 0 Å². The van der Waals surface area contributed by atoms with Crippen LogP contribution in [0.15, 0.2) is 60.7 Å². The fraction of sp³-hybridized carbons (Fsp3) is 0.407. The molecule has 0 atom stereocenters. The van der Waals surface area contributed by atoms with Crippen molar-refractivity contribution in [2.75, 3.05) is 0 Å². The molecule has 2 aromatic carbocycles. The quantitative estimate of drug-likeness (QED) is 0.625. The summed E-state index contributed by atoms with van der Waals surface area (Å²) in [6, 6.07) is 20.5. The first-order valence-electron chi connectivity index (χ1n) is 11.7. The molecule has 1 aromatic heterocycles. The van der Waals surface area contributed by atoms with E-state index in [1.54, 1.807) is 0 Å². The molecule has 4 saturated carbocycles. The molecule has 0 unspecified atom stereocenters. The normalized spacial score (nSPS) is 28.6. The van der Waals surface area contributed by atoms with Gasteiger partial charge in [-0.05, 0) is 74.8 Å². The lowest BCUT2D eigenvalue weighted by molar-refractivity contribution is -0.0119. The summed E-state index contributed by atoms with van der Waals surface area (Å²) in [5.41, 5.74) is 4.33. The zero-order valence-corrected chi connectivity index (χ0v) is 18.0. The number of carbonyl (C=O) groups excluding carboxylic acids is 1. The molecule has 7 rings (SSSR count). The molecule has 0 aliphatic heterocycles. The third-order valence-electron chi connectivity index (χ3n) is 7.92. The summed E-state index contributed by atoms with van der Waals surface area (Å²) in [5.74, 6) is 3.15. The van der Waals surface area contributed by atoms with Gasteiger partial charge in [0.25, 0.3) is 5.91 Å². The second-order valence-electron chi connectivity index (χ2n) is 9.85. The molecular formula is C27H29N3O. The van der Waals surface area contributed by atoms with E-state index in [2.05, 4.69) is 5.32 Å². The number of amides is 1. The Morgan fingerprint density at radius 2 is 1.45 bits per heavy atom. The first-order chi connectivity index (χ1) is 15.2. The first-order valence-corrected chi connectivity index (χ1v) is 11.7. The van der Waals surface area contributed by atoms with E-state index in [1.807, 2.05) is 72.3 Å². The van der Waals surface area contributed by atoms with Gasteiger partial charge in [-0.2, -0.15) is 5.10 Å². The highest BCUT2D eigenvalue weighted by atomic mass is 16.1. The third kappa shape index (κ3) is 3.20. The number of nitrogens with one attached hydrogen (secondary N) is 1. The van der Waals surface area contributed by atoms with Gasteiger partial charge in [-0.15, -0.1) is 0 Å². The highest BCUT2D eigenvalue weighted by Crippen LogP contribution is 2.53. The average molecular weight is 412 g/mol. The van der Waals surface area contributed by atoms with Crippen molar-refractivity contribution < 1.29 is 4.79 Å². The fourth-order valence-corrected chi connectivity index (χ4v) is 6.78. The predicted molar refractivity (Wildman–Crippen MR) is 122 cm³/mol. The molecule has 4 heteroatoms. The molecule has 1 heterocycles. The minimum absolute atomic E-state index is 0.0380. The van der Waals surface area contributed by atoms with E-state index in [4.69, 9.17) is 5.10 Å². The van der Waals surface area contributed by atoms with Crippen molar-refractivity contribution in [3.05, 3.63) is 71.9 Å². The molecule has 4 aliphatic rings. The third-order valence-corrected chi connectivity index (χ3v) is 7.92. The van der Waals surface area contributed by atoms with Gasteiger partial charge < -0.3 is 5.32 Å². The topological polar surface area (TPSA) is 46.9 Å². The van der Waals surface area contributed by atoms with Crippen LogP contribution in [0.5, 0.6) is 0 Å². The van der Waals surface area contributed by atoms with Gasteiger partial charge >= 0.3 is 0 Å². The smallest absolute Gasteiger partial charge is 0.255 e. The van der Waals surface area contributed by atoms with Gasteiger partial charge in [0.05, 0.1) is 16.9 Å². The summed E-state index contributed by atoms with van der Waals surface area (Å²) in [7, 11) is 0. The maximum absolute atomic E-state index is 13.7. The van der Waals surface area contributed by atoms with E-state index >= 15 is 0 Å². The van der Waals surface area contributed by atoms with E-state index < -0.39 is 0 Å². The van der Waals surface area contributed by atoms with Crippen LogP contribution in [0.3, 0.4) is 0 Å². The van der Waals surface area contributed by atoms with Crippen LogP contribution in [0.2, 0.25) is 0 Å². The van der Waals surface area contributed by atoms with Gasteiger partial charge in [0, 0.05) is 11.6 Å². The molecule has 4 bridgehead atoms. The lowest BCUT2D eigenvalue weighted by Gasteiger charge is -2.54. The molecule has 158 valence electrons. The number of nitrogens with zero attached hydrogens (tertiary/aromatic N) is 2. The molecule has 4 fully saturated rings. The Bertz CT molecular complexity index is 1070. The molecule has 4 nitrogen and oxygen atoms in total. The van der Waals surface area contributed by atoms with Crippen LogP contribution >= 0.6 is 0 Å². The SMILES string of the molecule is Cc1c(C(=O)NC2C3CC4CC(C3)CC2C4)c(-c2ccccc2)nn1-c1ccccc1. The van der Waals surface area contributed by atoms with Gasteiger partial charge in [-0.25, -0.2) is 4.68 Å². The van der Waals surface area contributed by atoms with Crippen molar-refractivity contribution in [2.24, 2.45) is 23.7 Å². The molecule has 4 aliphatic carbocycles. The number of hydrogen-bond donors (Lipinski definition) is 1. The maximum Gasteiger partial charge on any atom is 0.255 e. The number of aromatic nitrogens is 2. The van der Waals surface area contributed by atoms with Crippen LogP contribution in [0.4, 0.5) is 0 Å². The monoisotopic (exact) mass is 411 g/mol. The molecular weight excluding hydrogens is 382 g/mol. The highest BCUT2D eigenvalue weighted by Gasteiger charge is 2.48. The number of para-hydroxylation sites is 1. The largest absolute Gasteiger partial charge is 0.349 e. The van der Waals surface area contributed by atoms with E-state index in [0.29, 0.717) is 23.4 Å². The molecule has 31 heavy (non-hydrogen) atoms. The van der Waals surface area contributed by atoms with Crippen molar-refractivity contribution in [3.63, 3.8) is 0 Å². The maximum atomic E-state index is 13.7. The lowest BCUT2D eigenvalue weighted by Crippen LogP contribution is -2.55. The van der Waals surface area contributed by atoms with Gasteiger partial charge in [0.1, 0.15) is 5.69 Å². The first kappa shape index (κ1) is 18.9. The minimum atomic E-state index is 0.0380. The molecule has 0 radical (unpaired) electrons. The second-order valence-corrected chi connectivity index (χ2v) is 9.85. The van der Waals surface area contributed by atoms with E-state index in [0.717, 1.165) is 34.5 Å². The number of rotatable bonds is 4. The second kappa shape index (κ2) is 7.37. The Hall–Kier alpha value is -2.88. The molecule has 1 N–H and O–H groups in total. The van der Waals surface area contributed by atoms with E-state index in [-0.39, 0.29) is 5.91 Å². The molecule has 0 saturated heterocycles. The Balaban J connectivity index is 1.38. The number of carbonyl (C=O) groups is 1. The van der Waals surface area contributed by atoms with Crippen molar-refractivity contribution >= 4 is 5.91 Å². The van der Waals surface area contributed by atoms with Gasteiger partial charge in [0.2, 0.25) is 0 Å². The summed E-state index contributed by atoms with van der Waals surface area (Å²) in [6.45, 7) is 2.01. The average Bonchev–Trinajstić information content (AvgIpc) is 3.14. The van der Waals surface area contributed by atoms with Gasteiger partial charge in [-0.3, -0.25) is 4.79 Å². The highest BCUT2D eigenvalue weighted by molar-refractivity contribution is 6.01. The molecule has 3 aromatic rings. The Morgan fingerprint density at radius 3 is 2.06 bits per heavy atom. The summed E-state index contributed by atoms with van der Waals surface area (Å²) >= 11 is 0. The van der Waals surface area contributed by atoms with Crippen LogP contribution in [0.25, 0.3) is 16.9 Å². The summed E-state index contributed by atoms with van der Waals surface area (Å²) in [5, 5.41) is 8.41. The van der Waals surface area contributed by atoms with Gasteiger partial charge in [-0.1, -0.05) is 48.5 Å². The van der Waals surface area contributed by atoms with Crippen LogP contribution in [-0.2, 0) is 0 Å². The predicted octanol–water partition coefficient (Wildman–Crippen LogP) is 5.40. The van der Waals surface area contributed by atoms with E-state index in [9.17, 15) is 4.79 Å². The minimum Gasteiger partial charge on any atom is -0.349 e. The number of benzene rings is 2. The van der Waals surface area contributed by atoms with Gasteiger partial charge in [0.15, 0.2) is 0 Å². The molecule has 0 spiro atoms. The molecule has 1 amide bonds. The summed E-state index contributed by atoms with van der Waals surface area (Å²) in [4.78, 5) is 13.7. The van der Waals surface area contributed by atoms with Crippen molar-refractivity contribution in [1.82, 2.24) is 15.1 Å². The Kier molecular flexibility index (Phi) is 4.48. The summed E-state index contributed by atoms with van der Waals surface area (Å²) in [6.07, 6.45) is 6.61. The zero-order chi connectivity index (χ0) is 20.9. The van der Waals surface area contributed by atoms with Crippen molar-refractivity contribution in [3.8, 4) is 16.9 Å². The Morgan fingerprint density at radius 1 is 0.871 bits per heavy atom. The zero-order valence-electron chi connectivity index (χ0n) is 18.0. The number of hydrogen-bond acceptors (Lipinski definition) is 2. The summed E-state index contributed by atoms with van der Waals surface area (Å²) < 4.78 is 1.91. The van der Waals surface area contributed by atoms with Crippen LogP contribution in [0.1, 0.15) is 48.2 Å². The standard InChI is InChI=1S/C27H29N3O/c1-17-24(27(31)28-25-21-13-18-12-19(15-21)16-22(25)14-18)26(20-8-4-2-5-9-20)29-30(17)23-10-6-3-7-11-23/h2-11,18-19,21-22,25H,12-16H2,1H3,(H,28,31). The van der Waals surface area contributed by atoms with Crippen LogP contribution in [-0.4, -0.2) is 21.7 Å². The van der Waals surface area contributed by atoms with Crippen molar-refractivity contribution in [2.45, 2.75) is 45.1 Å². The Labute approximate surface area is 183 Å².